The van der Waals surface area contributed by atoms with Gasteiger partial charge in [-0.15, -0.1) is 11.3 Å². The first-order valence-corrected chi connectivity index (χ1v) is 9.06. The topological polar surface area (TPSA) is 84.2 Å². The molecule has 0 saturated heterocycles. The average Bonchev–Trinajstić information content (AvgIpc) is 2.98. The Kier molecular flexibility index (Phi) is 4.12. The van der Waals surface area contributed by atoms with Crippen molar-refractivity contribution in [1.82, 2.24) is 15.2 Å². The number of rotatable bonds is 7. The van der Waals surface area contributed by atoms with Gasteiger partial charge < -0.3 is 9.84 Å². The van der Waals surface area contributed by atoms with Crippen molar-refractivity contribution in [2.75, 3.05) is 0 Å². The molecular weight excluding hydrogens is 310 g/mol. The van der Waals surface area contributed by atoms with Gasteiger partial charge in [-0.1, -0.05) is 5.16 Å². The summed E-state index contributed by atoms with van der Waals surface area (Å²) in [6, 6.07) is 3.96. The molecule has 0 radical (unpaired) electrons. The molecule has 8 heteroatoms. The Bertz CT molecular complexity index is 703. The van der Waals surface area contributed by atoms with Crippen LogP contribution >= 0.6 is 11.3 Å². The summed E-state index contributed by atoms with van der Waals surface area (Å²) in [4.78, 5) is 1.07. The number of aromatic nitrogens is 1. The molecule has 114 valence electrons. The van der Waals surface area contributed by atoms with Crippen LogP contribution in [0.25, 0.3) is 0 Å². The van der Waals surface area contributed by atoms with Gasteiger partial charge >= 0.3 is 0 Å². The number of nitrogens with one attached hydrogen (secondary N) is 2. The van der Waals surface area contributed by atoms with E-state index in [1.807, 2.05) is 6.92 Å². The van der Waals surface area contributed by atoms with Crippen molar-refractivity contribution < 1.29 is 12.9 Å². The van der Waals surface area contributed by atoms with Gasteiger partial charge in [-0.25, -0.2) is 13.1 Å². The predicted octanol–water partition coefficient (Wildman–Crippen LogP) is 1.78. The molecule has 0 amide bonds. The highest BCUT2D eigenvalue weighted by Gasteiger charge is 2.22. The van der Waals surface area contributed by atoms with Gasteiger partial charge in [-0.3, -0.25) is 0 Å². The molecule has 0 aliphatic heterocycles. The highest BCUT2D eigenvalue weighted by atomic mass is 32.2. The van der Waals surface area contributed by atoms with Crippen LogP contribution in [0.3, 0.4) is 0 Å². The fourth-order valence-electron chi connectivity index (χ4n) is 1.89. The van der Waals surface area contributed by atoms with Gasteiger partial charge in [-0.2, -0.15) is 0 Å². The second-order valence-electron chi connectivity index (χ2n) is 5.14. The first-order chi connectivity index (χ1) is 10.0. The lowest BCUT2D eigenvalue weighted by molar-refractivity contribution is 0.411. The van der Waals surface area contributed by atoms with Crippen LogP contribution in [0.2, 0.25) is 0 Å². The van der Waals surface area contributed by atoms with E-state index in [2.05, 4.69) is 19.7 Å². The van der Waals surface area contributed by atoms with Gasteiger partial charge in [0, 0.05) is 23.5 Å². The maximum absolute atomic E-state index is 12.3. The molecule has 0 spiro atoms. The molecule has 2 N–H and O–H groups in total. The second-order valence-corrected chi connectivity index (χ2v) is 8.27. The summed E-state index contributed by atoms with van der Waals surface area (Å²) in [6.07, 6.45) is 3.85. The SMILES string of the molecule is Cc1cc(S(=O)(=O)NCc2ccon2)sc1CNC1CC1. The molecule has 1 aliphatic rings. The zero-order chi connectivity index (χ0) is 14.9. The van der Waals surface area contributed by atoms with Crippen LogP contribution in [0.1, 0.15) is 29.0 Å². The Morgan fingerprint density at radius 1 is 1.43 bits per heavy atom. The Morgan fingerprint density at radius 2 is 2.24 bits per heavy atom. The summed E-state index contributed by atoms with van der Waals surface area (Å²) in [5.74, 6) is 0. The van der Waals surface area contributed by atoms with Crippen molar-refractivity contribution in [2.45, 2.75) is 43.1 Å². The van der Waals surface area contributed by atoms with E-state index < -0.39 is 10.0 Å². The molecule has 1 fully saturated rings. The lowest BCUT2D eigenvalue weighted by atomic mass is 10.3. The van der Waals surface area contributed by atoms with Crippen molar-refractivity contribution in [3.63, 3.8) is 0 Å². The zero-order valence-electron chi connectivity index (χ0n) is 11.6. The van der Waals surface area contributed by atoms with Crippen molar-refractivity contribution in [3.8, 4) is 0 Å². The number of thiophene rings is 1. The van der Waals surface area contributed by atoms with Gasteiger partial charge in [0.25, 0.3) is 0 Å². The molecule has 2 aromatic rings. The van der Waals surface area contributed by atoms with Crippen LogP contribution in [0.5, 0.6) is 0 Å². The molecule has 0 bridgehead atoms. The number of hydrogen-bond donors (Lipinski definition) is 2. The minimum absolute atomic E-state index is 0.130. The van der Waals surface area contributed by atoms with E-state index >= 15 is 0 Å². The molecule has 1 saturated carbocycles. The van der Waals surface area contributed by atoms with Crippen molar-refractivity contribution in [2.24, 2.45) is 0 Å². The molecule has 21 heavy (non-hydrogen) atoms. The summed E-state index contributed by atoms with van der Waals surface area (Å²) in [5.41, 5.74) is 1.57. The van der Waals surface area contributed by atoms with Crippen molar-refractivity contribution >= 4 is 21.4 Å². The molecular formula is C13H17N3O3S2. The van der Waals surface area contributed by atoms with E-state index in [-0.39, 0.29) is 6.54 Å². The number of aryl methyl sites for hydroxylation is 1. The van der Waals surface area contributed by atoms with Gasteiger partial charge in [0.15, 0.2) is 0 Å². The van der Waals surface area contributed by atoms with Crippen molar-refractivity contribution in [3.05, 3.63) is 34.5 Å². The fraction of sp³-hybridized carbons (Fsp3) is 0.462. The molecule has 6 nitrogen and oxygen atoms in total. The van der Waals surface area contributed by atoms with Gasteiger partial charge in [0.1, 0.15) is 10.5 Å². The monoisotopic (exact) mass is 327 g/mol. The first-order valence-electron chi connectivity index (χ1n) is 6.76. The zero-order valence-corrected chi connectivity index (χ0v) is 13.3. The van der Waals surface area contributed by atoms with E-state index in [0.717, 1.165) is 17.0 Å². The predicted molar refractivity (Wildman–Crippen MR) is 79.4 cm³/mol. The lowest BCUT2D eigenvalue weighted by Gasteiger charge is -2.02. The third-order valence-electron chi connectivity index (χ3n) is 3.33. The molecule has 0 unspecified atom stereocenters. The number of sulfonamides is 1. The van der Waals surface area contributed by atoms with Crippen LogP contribution in [-0.2, 0) is 23.1 Å². The molecule has 0 atom stereocenters. The third-order valence-corrected chi connectivity index (χ3v) is 6.44. The maximum atomic E-state index is 12.3. The summed E-state index contributed by atoms with van der Waals surface area (Å²) >= 11 is 1.32. The van der Waals surface area contributed by atoms with E-state index in [4.69, 9.17) is 0 Å². The fourth-order valence-corrected chi connectivity index (χ4v) is 4.47. The molecule has 2 aromatic heterocycles. The summed E-state index contributed by atoms with van der Waals surface area (Å²) in [6.45, 7) is 2.81. The largest absolute Gasteiger partial charge is 0.364 e. The first kappa shape index (κ1) is 14.7. The Morgan fingerprint density at radius 3 is 2.90 bits per heavy atom. The maximum Gasteiger partial charge on any atom is 0.250 e. The smallest absolute Gasteiger partial charge is 0.250 e. The third kappa shape index (κ3) is 3.70. The highest BCUT2D eigenvalue weighted by molar-refractivity contribution is 7.91. The van der Waals surface area contributed by atoms with Crippen LogP contribution in [-0.4, -0.2) is 19.6 Å². The standard InChI is InChI=1S/C13H17N3O3S2/c1-9-6-13(20-12(9)8-14-10-2-3-10)21(17,18)15-7-11-4-5-19-16-11/h4-6,10,14-15H,2-3,7-8H2,1H3. The minimum atomic E-state index is -3.50. The normalized spacial score (nSPS) is 15.5. The van der Waals surface area contributed by atoms with Crippen LogP contribution in [0.15, 0.2) is 27.1 Å². The quantitative estimate of drug-likeness (QED) is 0.810. The molecule has 1 aliphatic carbocycles. The van der Waals surface area contributed by atoms with Crippen LogP contribution in [0, 0.1) is 6.92 Å². The van der Waals surface area contributed by atoms with Gasteiger partial charge in [0.05, 0.1) is 12.2 Å². The highest BCUT2D eigenvalue weighted by Crippen LogP contribution is 2.27. The summed E-state index contributed by atoms with van der Waals surface area (Å²) in [7, 11) is -3.50. The molecule has 0 aromatic carbocycles. The Labute approximate surface area is 127 Å². The Hall–Kier alpha value is -1.22. The van der Waals surface area contributed by atoms with E-state index in [1.54, 1.807) is 12.1 Å². The average molecular weight is 327 g/mol. The van der Waals surface area contributed by atoms with Gasteiger partial charge in [-0.05, 0) is 31.4 Å². The Balaban J connectivity index is 1.67. The lowest BCUT2D eigenvalue weighted by Crippen LogP contribution is -2.22. The van der Waals surface area contributed by atoms with Crippen molar-refractivity contribution in [1.29, 1.82) is 0 Å². The van der Waals surface area contributed by atoms with E-state index in [0.29, 0.717) is 15.9 Å². The molecule has 2 heterocycles. The summed E-state index contributed by atoms with van der Waals surface area (Å²) < 4.78 is 32.1. The number of nitrogens with zero attached hydrogens (tertiary/aromatic N) is 1. The van der Waals surface area contributed by atoms with E-state index in [9.17, 15) is 8.42 Å². The van der Waals surface area contributed by atoms with E-state index in [1.165, 1.54) is 30.4 Å². The van der Waals surface area contributed by atoms with Crippen LogP contribution < -0.4 is 10.0 Å². The summed E-state index contributed by atoms with van der Waals surface area (Å²) in [5, 5.41) is 7.09. The van der Waals surface area contributed by atoms with Gasteiger partial charge in [0.2, 0.25) is 10.0 Å². The molecule has 3 rings (SSSR count). The minimum Gasteiger partial charge on any atom is -0.364 e. The second kappa shape index (κ2) is 5.88. The number of hydrogen-bond acceptors (Lipinski definition) is 6. The van der Waals surface area contributed by atoms with Crippen LogP contribution in [0.4, 0.5) is 0 Å².